The van der Waals surface area contributed by atoms with Crippen molar-refractivity contribution >= 4 is 0 Å². The van der Waals surface area contributed by atoms with Gasteiger partial charge in [-0.2, -0.15) is 0 Å². The Morgan fingerprint density at radius 2 is 2.31 bits per heavy atom. The first-order chi connectivity index (χ1) is 7.56. The number of pyridine rings is 1. The van der Waals surface area contributed by atoms with Crippen LogP contribution in [0.15, 0.2) is 18.3 Å². The predicted octanol–water partition coefficient (Wildman–Crippen LogP) is 1.90. The third kappa shape index (κ3) is 1.85. The molecule has 3 nitrogen and oxygen atoms in total. The Morgan fingerprint density at radius 3 is 3.00 bits per heavy atom. The van der Waals surface area contributed by atoms with Gasteiger partial charge in [-0.25, -0.2) is 0 Å². The fourth-order valence-electron chi connectivity index (χ4n) is 2.36. The van der Waals surface area contributed by atoms with Crippen molar-refractivity contribution in [2.24, 2.45) is 0 Å². The average molecular weight is 221 g/mol. The van der Waals surface area contributed by atoms with E-state index in [4.69, 9.17) is 4.74 Å². The Labute approximate surface area is 96.5 Å². The van der Waals surface area contributed by atoms with Crippen LogP contribution in [0.25, 0.3) is 0 Å². The number of hydrogen-bond donors (Lipinski definition) is 1. The number of aromatic nitrogens is 1. The molecule has 0 saturated heterocycles. The first kappa shape index (κ1) is 11.6. The molecule has 0 bridgehead atoms. The van der Waals surface area contributed by atoms with Crippen LogP contribution in [0.2, 0.25) is 0 Å². The van der Waals surface area contributed by atoms with E-state index in [1.807, 2.05) is 19.9 Å². The minimum Gasteiger partial charge on any atom is -0.389 e. The number of aliphatic hydroxyl groups excluding tert-OH is 1. The molecule has 1 aromatic heterocycles. The Balaban J connectivity index is 2.25. The number of hydrogen-bond acceptors (Lipinski definition) is 3. The van der Waals surface area contributed by atoms with Crippen LogP contribution in [0.1, 0.15) is 37.4 Å². The minimum atomic E-state index is -0.524. The summed E-state index contributed by atoms with van der Waals surface area (Å²) in [6, 6.07) is 4.05. The highest BCUT2D eigenvalue weighted by molar-refractivity contribution is 5.30. The van der Waals surface area contributed by atoms with E-state index in [1.165, 1.54) is 5.56 Å². The number of rotatable bonds is 3. The number of aryl methyl sites for hydroxylation is 1. The number of fused-ring (bicyclic) bond motifs is 1. The molecule has 0 fully saturated rings. The van der Waals surface area contributed by atoms with Crippen molar-refractivity contribution in [3.63, 3.8) is 0 Å². The summed E-state index contributed by atoms with van der Waals surface area (Å²) in [7, 11) is 1.64. The van der Waals surface area contributed by atoms with E-state index in [9.17, 15) is 5.11 Å². The smallest absolute Gasteiger partial charge is 0.0907 e. The number of aliphatic hydroxyl groups is 1. The van der Waals surface area contributed by atoms with Gasteiger partial charge in [-0.1, -0.05) is 6.07 Å². The molecule has 0 radical (unpaired) electrons. The lowest BCUT2D eigenvalue weighted by atomic mass is 9.88. The Morgan fingerprint density at radius 1 is 1.56 bits per heavy atom. The highest BCUT2D eigenvalue weighted by Gasteiger charge is 2.38. The van der Waals surface area contributed by atoms with Crippen LogP contribution >= 0.6 is 0 Å². The molecule has 0 spiro atoms. The van der Waals surface area contributed by atoms with Crippen molar-refractivity contribution in [2.75, 3.05) is 7.11 Å². The summed E-state index contributed by atoms with van der Waals surface area (Å²) in [4.78, 5) is 4.39. The number of nitrogens with zero attached hydrogens (tertiary/aromatic N) is 1. The summed E-state index contributed by atoms with van der Waals surface area (Å²) in [6.45, 7) is 3.83. The molecule has 1 aromatic rings. The van der Waals surface area contributed by atoms with E-state index in [0.29, 0.717) is 0 Å². The molecule has 0 aromatic carbocycles. The van der Waals surface area contributed by atoms with Crippen LogP contribution in [0, 0.1) is 0 Å². The zero-order valence-corrected chi connectivity index (χ0v) is 10.1. The van der Waals surface area contributed by atoms with Crippen LogP contribution < -0.4 is 0 Å². The number of methoxy groups -OCH3 is 1. The Kier molecular flexibility index (Phi) is 3.00. The van der Waals surface area contributed by atoms with Gasteiger partial charge in [0, 0.05) is 24.9 Å². The normalized spacial score (nSPS) is 21.9. The zero-order chi connectivity index (χ0) is 11.8. The summed E-state index contributed by atoms with van der Waals surface area (Å²) in [5.74, 6) is 0.103. The van der Waals surface area contributed by atoms with Gasteiger partial charge in [0.15, 0.2) is 0 Å². The average Bonchev–Trinajstić information content (AvgIpc) is 2.71. The van der Waals surface area contributed by atoms with Crippen molar-refractivity contribution in [3.05, 3.63) is 29.6 Å². The lowest BCUT2D eigenvalue weighted by Gasteiger charge is -2.33. The highest BCUT2D eigenvalue weighted by atomic mass is 16.5. The van der Waals surface area contributed by atoms with Crippen LogP contribution in [-0.4, -0.2) is 28.9 Å². The third-order valence-electron chi connectivity index (χ3n) is 3.62. The zero-order valence-electron chi connectivity index (χ0n) is 10.1. The molecule has 3 heteroatoms. The molecular weight excluding hydrogens is 202 g/mol. The predicted molar refractivity (Wildman–Crippen MR) is 62.4 cm³/mol. The van der Waals surface area contributed by atoms with E-state index in [1.54, 1.807) is 13.3 Å². The van der Waals surface area contributed by atoms with Crippen molar-refractivity contribution < 1.29 is 9.84 Å². The summed E-state index contributed by atoms with van der Waals surface area (Å²) >= 11 is 0. The second-order valence-electron chi connectivity index (χ2n) is 4.95. The lowest BCUT2D eigenvalue weighted by Crippen LogP contribution is -2.41. The molecule has 1 N–H and O–H groups in total. The van der Waals surface area contributed by atoms with E-state index in [-0.39, 0.29) is 5.92 Å². The van der Waals surface area contributed by atoms with Crippen molar-refractivity contribution in [2.45, 2.75) is 44.3 Å². The largest absolute Gasteiger partial charge is 0.389 e. The number of ether oxygens (including phenoxy) is 1. The first-order valence-electron chi connectivity index (χ1n) is 5.73. The van der Waals surface area contributed by atoms with Gasteiger partial charge in [0.25, 0.3) is 0 Å². The quantitative estimate of drug-likeness (QED) is 0.847. The standard InChI is InChI=1S/C13H19NO2/c1-13(2,16-3)12(15)10-7-6-9-5-4-8-14-11(9)10/h4-5,8,10,12,15H,6-7H2,1-3H3. The lowest BCUT2D eigenvalue weighted by molar-refractivity contribution is -0.0882. The van der Waals surface area contributed by atoms with Gasteiger partial charge in [0.05, 0.1) is 11.7 Å². The highest BCUT2D eigenvalue weighted by Crippen LogP contribution is 2.37. The summed E-state index contributed by atoms with van der Waals surface area (Å²) < 4.78 is 5.35. The van der Waals surface area contributed by atoms with E-state index in [0.717, 1.165) is 18.5 Å². The molecule has 16 heavy (non-hydrogen) atoms. The molecular formula is C13H19NO2. The second-order valence-corrected chi connectivity index (χ2v) is 4.95. The maximum absolute atomic E-state index is 10.4. The van der Waals surface area contributed by atoms with Crippen molar-refractivity contribution in [1.29, 1.82) is 0 Å². The van der Waals surface area contributed by atoms with Crippen molar-refractivity contribution in [1.82, 2.24) is 4.98 Å². The first-order valence-corrected chi connectivity index (χ1v) is 5.73. The van der Waals surface area contributed by atoms with Gasteiger partial charge in [-0.15, -0.1) is 0 Å². The van der Waals surface area contributed by atoms with Crippen LogP contribution in [-0.2, 0) is 11.2 Å². The monoisotopic (exact) mass is 221 g/mol. The fourth-order valence-corrected chi connectivity index (χ4v) is 2.36. The SMILES string of the molecule is COC(C)(C)C(O)C1CCc2cccnc21. The molecule has 88 valence electrons. The van der Waals surface area contributed by atoms with Crippen molar-refractivity contribution in [3.8, 4) is 0 Å². The molecule has 1 heterocycles. The minimum absolute atomic E-state index is 0.103. The molecule has 0 amide bonds. The molecule has 2 unspecified atom stereocenters. The second kappa shape index (κ2) is 4.15. The maximum atomic E-state index is 10.4. The summed E-state index contributed by atoms with van der Waals surface area (Å²) in [5.41, 5.74) is 1.78. The summed E-state index contributed by atoms with van der Waals surface area (Å²) in [5, 5.41) is 10.4. The summed E-state index contributed by atoms with van der Waals surface area (Å²) in [6.07, 6.45) is 3.25. The van der Waals surface area contributed by atoms with E-state index < -0.39 is 11.7 Å². The third-order valence-corrected chi connectivity index (χ3v) is 3.62. The van der Waals surface area contributed by atoms with Crippen LogP contribution in [0.3, 0.4) is 0 Å². The molecule has 1 aliphatic carbocycles. The van der Waals surface area contributed by atoms with Gasteiger partial charge in [0.1, 0.15) is 0 Å². The van der Waals surface area contributed by atoms with Crippen LogP contribution in [0.4, 0.5) is 0 Å². The maximum Gasteiger partial charge on any atom is 0.0907 e. The van der Waals surface area contributed by atoms with Crippen LogP contribution in [0.5, 0.6) is 0 Å². The Bertz CT molecular complexity index is 376. The molecule has 0 aliphatic heterocycles. The van der Waals surface area contributed by atoms with Gasteiger partial charge in [-0.05, 0) is 38.3 Å². The molecule has 2 atom stereocenters. The van der Waals surface area contributed by atoms with Gasteiger partial charge in [0.2, 0.25) is 0 Å². The van der Waals surface area contributed by atoms with Gasteiger partial charge in [-0.3, -0.25) is 4.98 Å². The van der Waals surface area contributed by atoms with Gasteiger partial charge >= 0.3 is 0 Å². The van der Waals surface area contributed by atoms with Gasteiger partial charge < -0.3 is 9.84 Å². The Hall–Kier alpha value is -0.930. The topological polar surface area (TPSA) is 42.4 Å². The van der Waals surface area contributed by atoms with E-state index >= 15 is 0 Å². The fraction of sp³-hybridized carbons (Fsp3) is 0.615. The molecule has 1 aliphatic rings. The van der Waals surface area contributed by atoms with E-state index in [2.05, 4.69) is 11.1 Å². The molecule has 0 saturated carbocycles. The molecule has 2 rings (SSSR count).